The Bertz CT molecular complexity index is 783. The van der Waals surface area contributed by atoms with Gasteiger partial charge in [0.1, 0.15) is 24.9 Å². The van der Waals surface area contributed by atoms with Crippen molar-refractivity contribution in [2.45, 2.75) is 0 Å². The Morgan fingerprint density at radius 1 is 1.32 bits per heavy atom. The predicted molar refractivity (Wildman–Crippen MR) is 92.3 cm³/mol. The molecular weight excluding hydrogens is 275 g/mol. The average molecular weight is 294 g/mol. The van der Waals surface area contributed by atoms with Crippen LogP contribution in [0, 0.1) is 0 Å². The lowest BCUT2D eigenvalue weighted by atomic mass is 9.94. The molecule has 0 saturated carbocycles. The first-order chi connectivity index (χ1) is 10.6. The van der Waals surface area contributed by atoms with Crippen LogP contribution in [-0.4, -0.2) is 60.1 Å². The van der Waals surface area contributed by atoms with Crippen molar-refractivity contribution in [2.24, 2.45) is 0 Å². The van der Waals surface area contributed by atoms with Crippen molar-refractivity contribution in [3.8, 4) is 11.3 Å². The number of likely N-dealkylation sites (N-methyl/N-ethyl adjacent to an activating group) is 1. The molecule has 2 heterocycles. The molecule has 6 nitrogen and oxygen atoms in total. The molecule has 0 saturated heterocycles. The molecule has 0 atom stereocenters. The minimum Gasteiger partial charge on any atom is -0.367 e. The summed E-state index contributed by atoms with van der Waals surface area (Å²) in [7, 11) is 6.16. The highest BCUT2D eigenvalue weighted by Crippen LogP contribution is 2.23. The largest absolute Gasteiger partial charge is 0.367 e. The predicted octanol–water partition coefficient (Wildman–Crippen LogP) is 0.252. The molecule has 0 radical (unpaired) electrons. The Kier molecular flexibility index (Phi) is 4.06. The highest BCUT2D eigenvalue weighted by atomic mass is 15.2. The Labute approximate surface area is 130 Å². The number of aromatic amines is 1. The lowest BCUT2D eigenvalue weighted by Gasteiger charge is -2.10. The Morgan fingerprint density at radius 3 is 2.95 bits per heavy atom. The molecule has 0 aliphatic heterocycles. The van der Waals surface area contributed by atoms with Crippen LogP contribution in [0.1, 0.15) is 0 Å². The molecule has 0 spiro atoms. The molecule has 2 aromatic heterocycles. The fourth-order valence-electron chi connectivity index (χ4n) is 2.28. The second kappa shape index (κ2) is 6.15. The summed E-state index contributed by atoms with van der Waals surface area (Å²) in [4.78, 5) is 11.2. The third kappa shape index (κ3) is 3.09. The van der Waals surface area contributed by atoms with E-state index in [2.05, 4.69) is 50.4 Å². The van der Waals surface area contributed by atoms with E-state index in [0.29, 0.717) is 5.65 Å². The van der Waals surface area contributed by atoms with E-state index in [1.807, 2.05) is 26.2 Å². The standard InChI is InChI=1S/C15H19BN6/c1-22(2)7-6-17-12-9-18-15-14(19-12)13(20-21-15)10-4-3-5-11(16)8-10/h3-5,8-9H,6-7,16H2,1-2H3,(H,17,19)(H,18,20,21). The number of hydrogen-bond donors (Lipinski definition) is 2. The molecule has 1 aromatic carbocycles. The SMILES string of the molecule is Bc1cccc(-c2n[nH]c3ncc(NCCN(C)C)nc23)c1. The highest BCUT2D eigenvalue weighted by Gasteiger charge is 2.11. The van der Waals surface area contributed by atoms with Gasteiger partial charge >= 0.3 is 0 Å². The number of nitrogens with one attached hydrogen (secondary N) is 2. The molecule has 2 N–H and O–H groups in total. The summed E-state index contributed by atoms with van der Waals surface area (Å²) in [6.07, 6.45) is 1.73. The lowest BCUT2D eigenvalue weighted by Crippen LogP contribution is -2.21. The van der Waals surface area contributed by atoms with Gasteiger partial charge in [-0.05, 0) is 14.1 Å². The maximum Gasteiger partial charge on any atom is 0.174 e. The van der Waals surface area contributed by atoms with Crippen molar-refractivity contribution in [1.29, 1.82) is 0 Å². The molecule has 22 heavy (non-hydrogen) atoms. The number of rotatable bonds is 5. The third-order valence-corrected chi connectivity index (χ3v) is 3.43. The topological polar surface area (TPSA) is 69.7 Å². The van der Waals surface area contributed by atoms with Crippen molar-refractivity contribution < 1.29 is 0 Å². The van der Waals surface area contributed by atoms with Crippen LogP contribution in [0.4, 0.5) is 5.82 Å². The number of benzene rings is 1. The number of anilines is 1. The van der Waals surface area contributed by atoms with Gasteiger partial charge in [-0.2, -0.15) is 5.10 Å². The third-order valence-electron chi connectivity index (χ3n) is 3.43. The minimum atomic E-state index is 0.703. The lowest BCUT2D eigenvalue weighted by molar-refractivity contribution is 0.425. The van der Waals surface area contributed by atoms with Crippen molar-refractivity contribution in [3.63, 3.8) is 0 Å². The van der Waals surface area contributed by atoms with Gasteiger partial charge in [0.2, 0.25) is 0 Å². The Morgan fingerprint density at radius 2 is 2.18 bits per heavy atom. The first kappa shape index (κ1) is 14.5. The molecular formula is C15H19BN6. The summed E-state index contributed by atoms with van der Waals surface area (Å²) in [5, 5.41) is 10.6. The first-order valence-corrected chi connectivity index (χ1v) is 7.30. The van der Waals surface area contributed by atoms with Gasteiger partial charge in [0.05, 0.1) is 6.20 Å². The van der Waals surface area contributed by atoms with Crippen LogP contribution < -0.4 is 10.8 Å². The van der Waals surface area contributed by atoms with Crippen molar-refractivity contribution in [1.82, 2.24) is 25.1 Å². The number of fused-ring (bicyclic) bond motifs is 1. The summed E-state index contributed by atoms with van der Waals surface area (Å²) in [6.45, 7) is 1.76. The maximum atomic E-state index is 4.65. The van der Waals surface area contributed by atoms with Gasteiger partial charge in [0.15, 0.2) is 5.65 Å². The molecule has 0 fully saturated rings. The van der Waals surface area contributed by atoms with Crippen molar-refractivity contribution in [2.75, 3.05) is 32.5 Å². The smallest absolute Gasteiger partial charge is 0.174 e. The van der Waals surface area contributed by atoms with Gasteiger partial charge in [-0.25, -0.2) is 9.97 Å². The Hall–Kier alpha value is -2.41. The second-order valence-corrected chi connectivity index (χ2v) is 5.62. The van der Waals surface area contributed by atoms with E-state index in [4.69, 9.17) is 0 Å². The van der Waals surface area contributed by atoms with Gasteiger partial charge in [0.25, 0.3) is 0 Å². The molecule has 0 unspecified atom stereocenters. The summed E-state index contributed by atoms with van der Waals surface area (Å²) < 4.78 is 0. The van der Waals surface area contributed by atoms with Crippen LogP contribution in [0.15, 0.2) is 30.5 Å². The normalized spacial score (nSPS) is 11.2. The van der Waals surface area contributed by atoms with Gasteiger partial charge in [-0.1, -0.05) is 29.7 Å². The van der Waals surface area contributed by atoms with Gasteiger partial charge in [-0.3, -0.25) is 5.10 Å². The first-order valence-electron chi connectivity index (χ1n) is 7.30. The molecule has 3 aromatic rings. The second-order valence-electron chi connectivity index (χ2n) is 5.62. The van der Waals surface area contributed by atoms with E-state index < -0.39 is 0 Å². The average Bonchev–Trinajstić information content (AvgIpc) is 2.90. The molecule has 0 aliphatic carbocycles. The van der Waals surface area contributed by atoms with Gasteiger partial charge in [-0.15, -0.1) is 0 Å². The summed E-state index contributed by atoms with van der Waals surface area (Å²) >= 11 is 0. The zero-order chi connectivity index (χ0) is 15.5. The maximum absolute atomic E-state index is 4.65. The quantitative estimate of drug-likeness (QED) is 0.660. The van der Waals surface area contributed by atoms with E-state index in [1.165, 1.54) is 5.46 Å². The Balaban J connectivity index is 1.92. The van der Waals surface area contributed by atoms with E-state index in [1.54, 1.807) is 6.20 Å². The molecule has 3 rings (SSSR count). The number of aromatic nitrogens is 4. The number of H-pyrrole nitrogens is 1. The number of nitrogens with zero attached hydrogens (tertiary/aromatic N) is 4. The van der Waals surface area contributed by atoms with Crippen LogP contribution in [0.3, 0.4) is 0 Å². The molecule has 112 valence electrons. The fraction of sp³-hybridized carbons (Fsp3) is 0.267. The van der Waals surface area contributed by atoms with Crippen LogP contribution >= 0.6 is 0 Å². The van der Waals surface area contributed by atoms with Crippen LogP contribution in [0.25, 0.3) is 22.4 Å². The monoisotopic (exact) mass is 294 g/mol. The van der Waals surface area contributed by atoms with Crippen LogP contribution in [0.5, 0.6) is 0 Å². The van der Waals surface area contributed by atoms with Gasteiger partial charge < -0.3 is 10.2 Å². The molecule has 0 bridgehead atoms. The van der Waals surface area contributed by atoms with Crippen molar-refractivity contribution >= 4 is 30.3 Å². The zero-order valence-corrected chi connectivity index (χ0v) is 13.1. The van der Waals surface area contributed by atoms with E-state index in [-0.39, 0.29) is 0 Å². The van der Waals surface area contributed by atoms with Crippen LogP contribution in [-0.2, 0) is 0 Å². The van der Waals surface area contributed by atoms with Crippen molar-refractivity contribution in [3.05, 3.63) is 30.5 Å². The fourth-order valence-corrected chi connectivity index (χ4v) is 2.28. The highest BCUT2D eigenvalue weighted by molar-refractivity contribution is 6.32. The minimum absolute atomic E-state index is 0.703. The molecule has 0 aliphatic rings. The van der Waals surface area contributed by atoms with E-state index in [9.17, 15) is 0 Å². The zero-order valence-electron chi connectivity index (χ0n) is 13.1. The summed E-state index contributed by atoms with van der Waals surface area (Å²) in [6, 6.07) is 8.23. The molecule has 7 heteroatoms. The van der Waals surface area contributed by atoms with Gasteiger partial charge in [0, 0.05) is 18.7 Å². The van der Waals surface area contributed by atoms with E-state index >= 15 is 0 Å². The van der Waals surface area contributed by atoms with E-state index in [0.717, 1.165) is 35.7 Å². The number of hydrogen-bond acceptors (Lipinski definition) is 5. The van der Waals surface area contributed by atoms with Crippen LogP contribution in [0.2, 0.25) is 0 Å². The summed E-state index contributed by atoms with van der Waals surface area (Å²) in [5.74, 6) is 0.768. The molecule has 0 amide bonds. The summed E-state index contributed by atoms with van der Waals surface area (Å²) in [5.41, 5.74) is 4.57.